The Balaban J connectivity index is 2.36. The summed E-state index contributed by atoms with van der Waals surface area (Å²) in [6.45, 7) is 1.91. The van der Waals surface area contributed by atoms with Crippen LogP contribution in [-0.2, 0) is 6.42 Å². The van der Waals surface area contributed by atoms with Crippen LogP contribution in [0.3, 0.4) is 0 Å². The lowest BCUT2D eigenvalue weighted by molar-refractivity contribution is 0.437. The number of benzene rings is 1. The molecule has 4 nitrogen and oxygen atoms in total. The van der Waals surface area contributed by atoms with Gasteiger partial charge < -0.3 is 10.1 Å². The highest BCUT2D eigenvalue weighted by atomic mass is 32.2. The standard InChI is InChI=1S/C13H13FN2O2S/c1-2-19-13-15-11(17)9(12(18)16-13)7-8-5-3-4-6-10(8)14/h3-6H,2,7H2,1H3,(H2,15,16,17,18). The van der Waals surface area contributed by atoms with Gasteiger partial charge in [0.05, 0.1) is 5.56 Å². The first-order chi connectivity index (χ1) is 9.11. The van der Waals surface area contributed by atoms with Gasteiger partial charge in [0.2, 0.25) is 5.88 Å². The van der Waals surface area contributed by atoms with E-state index in [1.54, 1.807) is 18.2 Å². The molecule has 6 heteroatoms. The predicted octanol–water partition coefficient (Wildman–Crippen LogP) is 2.32. The Labute approximate surface area is 113 Å². The minimum atomic E-state index is -0.438. The molecule has 0 saturated heterocycles. The van der Waals surface area contributed by atoms with Gasteiger partial charge in [0.1, 0.15) is 5.82 Å². The SMILES string of the molecule is CCSc1nc(O)c(Cc2ccccc2F)c(=O)[nH]1. The summed E-state index contributed by atoms with van der Waals surface area (Å²) in [6, 6.07) is 6.14. The highest BCUT2D eigenvalue weighted by Gasteiger charge is 2.13. The Morgan fingerprint density at radius 2 is 2.16 bits per heavy atom. The number of aromatic amines is 1. The van der Waals surface area contributed by atoms with Crippen LogP contribution < -0.4 is 5.56 Å². The third kappa shape index (κ3) is 3.14. The average Bonchev–Trinajstić information content (AvgIpc) is 2.36. The zero-order chi connectivity index (χ0) is 13.8. The van der Waals surface area contributed by atoms with Crippen LogP contribution in [-0.4, -0.2) is 20.8 Å². The number of nitrogens with zero attached hydrogens (tertiary/aromatic N) is 1. The van der Waals surface area contributed by atoms with Gasteiger partial charge in [-0.2, -0.15) is 4.98 Å². The summed E-state index contributed by atoms with van der Waals surface area (Å²) in [5, 5.41) is 10.1. The molecule has 0 radical (unpaired) electrons. The van der Waals surface area contributed by atoms with Gasteiger partial charge in [-0.3, -0.25) is 4.79 Å². The number of halogens is 1. The number of H-pyrrole nitrogens is 1. The van der Waals surface area contributed by atoms with Gasteiger partial charge in [0.25, 0.3) is 5.56 Å². The average molecular weight is 280 g/mol. The van der Waals surface area contributed by atoms with Crippen LogP contribution in [0.15, 0.2) is 34.2 Å². The van der Waals surface area contributed by atoms with Gasteiger partial charge in [-0.25, -0.2) is 4.39 Å². The summed E-state index contributed by atoms with van der Waals surface area (Å²) in [4.78, 5) is 18.3. The van der Waals surface area contributed by atoms with E-state index in [0.29, 0.717) is 10.7 Å². The van der Waals surface area contributed by atoms with Crippen molar-refractivity contribution in [3.63, 3.8) is 0 Å². The molecule has 0 unspecified atom stereocenters. The van der Waals surface area contributed by atoms with Gasteiger partial charge in [0.15, 0.2) is 5.16 Å². The molecule has 0 saturated carbocycles. The molecular formula is C13H13FN2O2S. The fourth-order valence-electron chi connectivity index (χ4n) is 1.66. The highest BCUT2D eigenvalue weighted by molar-refractivity contribution is 7.99. The Hall–Kier alpha value is -1.82. The first-order valence-corrected chi connectivity index (χ1v) is 6.78. The van der Waals surface area contributed by atoms with Gasteiger partial charge in [-0.1, -0.05) is 36.9 Å². The zero-order valence-electron chi connectivity index (χ0n) is 10.3. The van der Waals surface area contributed by atoms with E-state index in [2.05, 4.69) is 9.97 Å². The molecule has 1 aromatic heterocycles. The third-order valence-electron chi connectivity index (χ3n) is 2.58. The largest absolute Gasteiger partial charge is 0.493 e. The maximum atomic E-state index is 13.5. The minimum Gasteiger partial charge on any atom is -0.493 e. The van der Waals surface area contributed by atoms with E-state index in [1.807, 2.05) is 6.92 Å². The van der Waals surface area contributed by atoms with Crippen LogP contribution in [0.25, 0.3) is 0 Å². The van der Waals surface area contributed by atoms with Crippen molar-refractivity contribution in [1.82, 2.24) is 9.97 Å². The zero-order valence-corrected chi connectivity index (χ0v) is 11.1. The first-order valence-electron chi connectivity index (χ1n) is 5.80. The molecule has 2 rings (SSSR count). The number of hydrogen-bond donors (Lipinski definition) is 2. The number of thioether (sulfide) groups is 1. The van der Waals surface area contributed by atoms with Crippen LogP contribution in [0.1, 0.15) is 18.1 Å². The summed E-state index contributed by atoms with van der Waals surface area (Å²) in [5.74, 6) is -0.0223. The number of hydrogen-bond acceptors (Lipinski definition) is 4. The predicted molar refractivity (Wildman–Crippen MR) is 72.1 cm³/mol. The van der Waals surface area contributed by atoms with Crippen molar-refractivity contribution in [3.8, 4) is 5.88 Å². The molecular weight excluding hydrogens is 267 g/mol. The maximum Gasteiger partial charge on any atom is 0.258 e. The molecule has 0 bridgehead atoms. The third-order valence-corrected chi connectivity index (χ3v) is 3.33. The van der Waals surface area contributed by atoms with E-state index in [-0.39, 0.29) is 17.9 Å². The molecule has 0 atom stereocenters. The fourth-order valence-corrected chi connectivity index (χ4v) is 2.25. The van der Waals surface area contributed by atoms with Crippen LogP contribution >= 0.6 is 11.8 Å². The lowest BCUT2D eigenvalue weighted by Crippen LogP contribution is -2.16. The van der Waals surface area contributed by atoms with E-state index in [9.17, 15) is 14.3 Å². The van der Waals surface area contributed by atoms with Crippen molar-refractivity contribution >= 4 is 11.8 Å². The second-order valence-electron chi connectivity index (χ2n) is 3.87. The number of rotatable bonds is 4. The quantitative estimate of drug-likeness (QED) is 0.666. The molecule has 0 fully saturated rings. The Kier molecular flexibility index (Phi) is 4.21. The Bertz CT molecular complexity index is 643. The minimum absolute atomic E-state index is 0.0118. The molecule has 1 aromatic carbocycles. The molecule has 0 spiro atoms. The van der Waals surface area contributed by atoms with E-state index < -0.39 is 11.4 Å². The van der Waals surface area contributed by atoms with Crippen molar-refractivity contribution < 1.29 is 9.50 Å². The molecule has 1 heterocycles. The monoisotopic (exact) mass is 280 g/mol. The van der Waals surface area contributed by atoms with Crippen LogP contribution in [0.4, 0.5) is 4.39 Å². The Morgan fingerprint density at radius 3 is 2.79 bits per heavy atom. The summed E-state index contributed by atoms with van der Waals surface area (Å²) >= 11 is 1.32. The van der Waals surface area contributed by atoms with E-state index >= 15 is 0 Å². The molecule has 19 heavy (non-hydrogen) atoms. The van der Waals surface area contributed by atoms with Crippen LogP contribution in [0.5, 0.6) is 5.88 Å². The summed E-state index contributed by atoms with van der Waals surface area (Å²) < 4.78 is 13.5. The topological polar surface area (TPSA) is 66.0 Å². The molecule has 0 amide bonds. The summed E-state index contributed by atoms with van der Waals surface area (Å²) in [6.07, 6.45) is 0.0118. The Morgan fingerprint density at radius 1 is 1.42 bits per heavy atom. The van der Waals surface area contributed by atoms with E-state index in [1.165, 1.54) is 17.8 Å². The maximum absolute atomic E-state index is 13.5. The smallest absolute Gasteiger partial charge is 0.258 e. The van der Waals surface area contributed by atoms with Gasteiger partial charge in [0, 0.05) is 6.42 Å². The van der Waals surface area contributed by atoms with Gasteiger partial charge >= 0.3 is 0 Å². The van der Waals surface area contributed by atoms with Gasteiger partial charge in [-0.05, 0) is 17.4 Å². The van der Waals surface area contributed by atoms with E-state index in [0.717, 1.165) is 5.75 Å². The fraction of sp³-hybridized carbons (Fsp3) is 0.231. The van der Waals surface area contributed by atoms with Crippen molar-refractivity contribution in [2.75, 3.05) is 5.75 Å². The molecule has 0 aliphatic rings. The molecule has 2 N–H and O–H groups in total. The van der Waals surface area contributed by atoms with Crippen molar-refractivity contribution in [2.45, 2.75) is 18.5 Å². The first kappa shape index (κ1) is 13.6. The lowest BCUT2D eigenvalue weighted by atomic mass is 10.1. The van der Waals surface area contributed by atoms with Crippen LogP contribution in [0, 0.1) is 5.82 Å². The second kappa shape index (κ2) is 5.88. The normalized spacial score (nSPS) is 10.6. The lowest BCUT2D eigenvalue weighted by Gasteiger charge is -2.06. The second-order valence-corrected chi connectivity index (χ2v) is 5.13. The molecule has 2 aromatic rings. The number of aromatic hydroxyl groups is 1. The van der Waals surface area contributed by atoms with Crippen molar-refractivity contribution in [1.29, 1.82) is 0 Å². The molecule has 0 aliphatic carbocycles. The van der Waals surface area contributed by atoms with Crippen LogP contribution in [0.2, 0.25) is 0 Å². The summed E-state index contributed by atoms with van der Waals surface area (Å²) in [5.41, 5.74) is -0.0155. The van der Waals surface area contributed by atoms with Crippen molar-refractivity contribution in [3.05, 3.63) is 51.6 Å². The number of aromatic nitrogens is 2. The molecule has 100 valence electrons. The van der Waals surface area contributed by atoms with E-state index in [4.69, 9.17) is 0 Å². The van der Waals surface area contributed by atoms with Crippen molar-refractivity contribution in [2.24, 2.45) is 0 Å². The number of nitrogens with one attached hydrogen (secondary N) is 1. The van der Waals surface area contributed by atoms with Gasteiger partial charge in [-0.15, -0.1) is 0 Å². The highest BCUT2D eigenvalue weighted by Crippen LogP contribution is 2.19. The summed E-state index contributed by atoms with van der Waals surface area (Å²) in [7, 11) is 0. The molecule has 0 aliphatic heterocycles.